The lowest BCUT2D eigenvalue weighted by atomic mass is 9.93. The summed E-state index contributed by atoms with van der Waals surface area (Å²) < 4.78 is 11.5. The SMILES string of the molecule is CC1=CCC[C@]2(C)O[C@@H]2CCC(C)=C[C@@H]2OC(=O)C(C)=C2CC1. The van der Waals surface area contributed by atoms with E-state index in [0.29, 0.717) is 6.10 Å². The molecule has 0 amide bonds. The van der Waals surface area contributed by atoms with Crippen LogP contribution in [0.1, 0.15) is 66.2 Å². The molecule has 3 heteroatoms. The number of fused-ring (bicyclic) bond motifs is 2. The van der Waals surface area contributed by atoms with Crippen molar-refractivity contribution in [3.63, 3.8) is 0 Å². The van der Waals surface area contributed by atoms with E-state index in [2.05, 4.69) is 32.9 Å². The Morgan fingerprint density at radius 1 is 1.13 bits per heavy atom. The third-order valence-electron chi connectivity index (χ3n) is 5.56. The zero-order chi connectivity index (χ0) is 16.6. The highest BCUT2D eigenvalue weighted by molar-refractivity contribution is 5.92. The van der Waals surface area contributed by atoms with Gasteiger partial charge in [0.15, 0.2) is 0 Å². The molecule has 0 aromatic rings. The van der Waals surface area contributed by atoms with Crippen molar-refractivity contribution in [2.45, 2.75) is 84.0 Å². The molecule has 0 spiro atoms. The maximum absolute atomic E-state index is 11.9. The van der Waals surface area contributed by atoms with E-state index in [0.717, 1.165) is 49.7 Å². The van der Waals surface area contributed by atoms with Gasteiger partial charge in [-0.05, 0) is 77.9 Å². The summed E-state index contributed by atoms with van der Waals surface area (Å²) in [7, 11) is 0. The summed E-state index contributed by atoms with van der Waals surface area (Å²) in [5.74, 6) is -0.155. The fraction of sp³-hybridized carbons (Fsp3) is 0.650. The molecule has 3 atom stereocenters. The van der Waals surface area contributed by atoms with Crippen LogP contribution in [-0.4, -0.2) is 23.8 Å². The highest BCUT2D eigenvalue weighted by Gasteiger charge is 2.50. The van der Waals surface area contributed by atoms with Crippen LogP contribution < -0.4 is 0 Å². The molecule has 3 aliphatic rings. The van der Waals surface area contributed by atoms with Crippen LogP contribution in [0.2, 0.25) is 0 Å². The number of rotatable bonds is 0. The summed E-state index contributed by atoms with van der Waals surface area (Å²) in [6, 6.07) is 0. The van der Waals surface area contributed by atoms with Crippen LogP contribution in [0, 0.1) is 0 Å². The lowest BCUT2D eigenvalue weighted by Gasteiger charge is -2.13. The van der Waals surface area contributed by atoms with Gasteiger partial charge in [0.05, 0.1) is 11.7 Å². The van der Waals surface area contributed by atoms with E-state index in [1.54, 1.807) is 0 Å². The van der Waals surface area contributed by atoms with Gasteiger partial charge in [-0.2, -0.15) is 0 Å². The average Bonchev–Trinajstić information content (AvgIpc) is 3.06. The van der Waals surface area contributed by atoms with Gasteiger partial charge in [-0.25, -0.2) is 4.79 Å². The Kier molecular flexibility index (Phi) is 4.50. The molecular weight excluding hydrogens is 288 g/mol. The third kappa shape index (κ3) is 3.60. The molecule has 1 aliphatic carbocycles. The number of carbonyl (C=O) groups excluding carboxylic acids is 1. The first kappa shape index (κ1) is 16.5. The minimum atomic E-state index is -0.162. The van der Waals surface area contributed by atoms with Gasteiger partial charge in [0.25, 0.3) is 0 Å². The van der Waals surface area contributed by atoms with E-state index in [-0.39, 0.29) is 17.7 Å². The normalized spacial score (nSPS) is 35.6. The Morgan fingerprint density at radius 2 is 1.91 bits per heavy atom. The van der Waals surface area contributed by atoms with Gasteiger partial charge in [-0.15, -0.1) is 0 Å². The monoisotopic (exact) mass is 316 g/mol. The zero-order valence-electron chi connectivity index (χ0n) is 14.8. The smallest absolute Gasteiger partial charge is 0.334 e. The van der Waals surface area contributed by atoms with Crippen molar-refractivity contribution in [1.82, 2.24) is 0 Å². The molecule has 0 radical (unpaired) electrons. The maximum atomic E-state index is 11.9. The van der Waals surface area contributed by atoms with Crippen LogP contribution >= 0.6 is 0 Å². The lowest BCUT2D eigenvalue weighted by Crippen LogP contribution is -2.11. The quantitative estimate of drug-likeness (QED) is 0.371. The molecule has 0 unspecified atom stereocenters. The van der Waals surface area contributed by atoms with Crippen LogP contribution in [-0.2, 0) is 14.3 Å². The standard InChI is InChI=1S/C20H28O3/c1-13-6-5-11-20(4)18(23-20)10-8-14(2)12-17-16(9-7-13)15(3)19(21)22-17/h6,12,17-18H,5,7-11H2,1-4H3/t17-,18+,20-/m0/s1. The number of allylic oxidation sites excluding steroid dienone is 3. The second-order valence-electron chi connectivity index (χ2n) is 7.54. The molecule has 0 aromatic carbocycles. The summed E-state index contributed by atoms with van der Waals surface area (Å²) >= 11 is 0. The molecule has 2 aliphatic heterocycles. The van der Waals surface area contributed by atoms with E-state index in [1.165, 1.54) is 11.1 Å². The zero-order valence-corrected chi connectivity index (χ0v) is 14.8. The maximum Gasteiger partial charge on any atom is 0.334 e. The first-order chi connectivity index (χ1) is 10.9. The fourth-order valence-corrected chi connectivity index (χ4v) is 3.70. The Labute approximate surface area is 139 Å². The van der Waals surface area contributed by atoms with Crippen molar-refractivity contribution in [1.29, 1.82) is 0 Å². The summed E-state index contributed by atoms with van der Waals surface area (Å²) in [5.41, 5.74) is 4.71. The summed E-state index contributed by atoms with van der Waals surface area (Å²) in [6.07, 6.45) is 10.8. The summed E-state index contributed by atoms with van der Waals surface area (Å²) in [4.78, 5) is 11.9. The van der Waals surface area contributed by atoms with Crippen LogP contribution in [0.4, 0.5) is 0 Å². The van der Waals surface area contributed by atoms with Gasteiger partial charge in [0.2, 0.25) is 0 Å². The van der Waals surface area contributed by atoms with Crippen molar-refractivity contribution in [2.75, 3.05) is 0 Å². The minimum absolute atomic E-state index is 0.0721. The van der Waals surface area contributed by atoms with Crippen LogP contribution in [0.3, 0.4) is 0 Å². The predicted molar refractivity (Wildman–Crippen MR) is 91.1 cm³/mol. The van der Waals surface area contributed by atoms with Crippen molar-refractivity contribution < 1.29 is 14.3 Å². The van der Waals surface area contributed by atoms with Gasteiger partial charge in [0, 0.05) is 5.57 Å². The number of esters is 1. The van der Waals surface area contributed by atoms with E-state index >= 15 is 0 Å². The van der Waals surface area contributed by atoms with Crippen molar-refractivity contribution in [3.8, 4) is 0 Å². The Morgan fingerprint density at radius 3 is 2.70 bits per heavy atom. The Hall–Kier alpha value is -1.35. The molecule has 0 N–H and O–H groups in total. The molecule has 3 rings (SSSR count). The predicted octanol–water partition coefficient (Wildman–Crippen LogP) is 4.63. The Balaban J connectivity index is 1.80. The average molecular weight is 316 g/mol. The summed E-state index contributed by atoms with van der Waals surface area (Å²) in [6.45, 7) is 8.44. The number of hydrogen-bond donors (Lipinski definition) is 0. The molecule has 1 fully saturated rings. The molecule has 1 saturated heterocycles. The fourth-order valence-electron chi connectivity index (χ4n) is 3.70. The van der Waals surface area contributed by atoms with Gasteiger partial charge >= 0.3 is 5.97 Å². The largest absolute Gasteiger partial charge is 0.450 e. The molecule has 0 bridgehead atoms. The van der Waals surface area contributed by atoms with E-state index < -0.39 is 0 Å². The third-order valence-corrected chi connectivity index (χ3v) is 5.56. The first-order valence-corrected chi connectivity index (χ1v) is 8.80. The second kappa shape index (κ2) is 6.27. The van der Waals surface area contributed by atoms with E-state index in [4.69, 9.17) is 9.47 Å². The second-order valence-corrected chi connectivity index (χ2v) is 7.54. The minimum Gasteiger partial charge on any atom is -0.450 e. The van der Waals surface area contributed by atoms with Crippen LogP contribution in [0.5, 0.6) is 0 Å². The molecule has 126 valence electrons. The summed E-state index contributed by atoms with van der Waals surface area (Å²) in [5, 5.41) is 0. The van der Waals surface area contributed by atoms with E-state index in [9.17, 15) is 4.79 Å². The van der Waals surface area contributed by atoms with Gasteiger partial charge in [-0.3, -0.25) is 0 Å². The Bertz CT molecular complexity index is 596. The van der Waals surface area contributed by atoms with Crippen molar-refractivity contribution in [2.24, 2.45) is 0 Å². The molecule has 0 aromatic heterocycles. The number of hydrogen-bond acceptors (Lipinski definition) is 3. The molecule has 2 heterocycles. The molecular formula is C20H28O3. The van der Waals surface area contributed by atoms with Crippen molar-refractivity contribution >= 4 is 5.97 Å². The van der Waals surface area contributed by atoms with E-state index in [1.807, 2.05) is 6.92 Å². The van der Waals surface area contributed by atoms with Gasteiger partial charge in [-0.1, -0.05) is 17.2 Å². The topological polar surface area (TPSA) is 38.8 Å². The number of ether oxygens (including phenoxy) is 2. The highest BCUT2D eigenvalue weighted by Crippen LogP contribution is 2.44. The van der Waals surface area contributed by atoms with Crippen LogP contribution in [0.25, 0.3) is 0 Å². The number of carbonyl (C=O) groups is 1. The molecule has 23 heavy (non-hydrogen) atoms. The lowest BCUT2D eigenvalue weighted by molar-refractivity contribution is -0.138. The van der Waals surface area contributed by atoms with Gasteiger partial charge in [0.1, 0.15) is 6.10 Å². The van der Waals surface area contributed by atoms with Gasteiger partial charge < -0.3 is 9.47 Å². The van der Waals surface area contributed by atoms with Crippen LogP contribution in [0.15, 0.2) is 34.4 Å². The molecule has 3 nitrogen and oxygen atoms in total. The van der Waals surface area contributed by atoms with Crippen molar-refractivity contribution in [3.05, 3.63) is 34.4 Å². The molecule has 0 saturated carbocycles. The first-order valence-electron chi connectivity index (χ1n) is 8.80. The number of epoxide rings is 1. The highest BCUT2D eigenvalue weighted by atomic mass is 16.6.